The van der Waals surface area contributed by atoms with Gasteiger partial charge >= 0.3 is 5.97 Å². The lowest BCUT2D eigenvalue weighted by Gasteiger charge is -2.16. The van der Waals surface area contributed by atoms with Crippen LogP contribution in [0.15, 0.2) is 89.7 Å². The zero-order chi connectivity index (χ0) is 26.5. The third-order valence-corrected chi connectivity index (χ3v) is 5.88. The Morgan fingerprint density at radius 2 is 1.57 bits per heavy atom. The van der Waals surface area contributed by atoms with E-state index in [-0.39, 0.29) is 23.5 Å². The second-order valence-electron chi connectivity index (χ2n) is 8.39. The molecule has 0 saturated heterocycles. The summed E-state index contributed by atoms with van der Waals surface area (Å²) in [7, 11) is 0. The van der Waals surface area contributed by atoms with Crippen molar-refractivity contribution in [3.8, 4) is 5.69 Å². The van der Waals surface area contributed by atoms with E-state index in [2.05, 4.69) is 5.32 Å². The number of carbonyl (C=O) groups excluding carboxylic acids is 1. The molecule has 37 heavy (non-hydrogen) atoms. The lowest BCUT2D eigenvalue weighted by Crippen LogP contribution is -2.38. The van der Waals surface area contributed by atoms with Gasteiger partial charge in [-0.2, -0.15) is 0 Å². The predicted molar refractivity (Wildman–Crippen MR) is 135 cm³/mol. The Bertz CT molecular complexity index is 1500. The first-order valence-electron chi connectivity index (χ1n) is 11.4. The minimum absolute atomic E-state index is 0.110. The van der Waals surface area contributed by atoms with Gasteiger partial charge in [-0.3, -0.25) is 19.0 Å². The number of carbonyl (C=O) groups is 2. The summed E-state index contributed by atoms with van der Waals surface area (Å²) in [5, 5.41) is 12.6. The standard InChI is InChI=1S/C28H23F2N3O4/c29-19-8-11-21(23(30)15-19)26(35)22-12-13-25(34)33(27(22)31)20-9-6-18(7-10-20)16-32-24(28(36)37)14-17-4-2-1-3-5-17/h1-13,15,24,32H,14,16,31H2,(H,36,37)/t24-/m0/s1. The molecule has 4 N–H and O–H groups in total. The first kappa shape index (κ1) is 25.5. The molecule has 0 saturated carbocycles. The highest BCUT2D eigenvalue weighted by Gasteiger charge is 2.20. The number of anilines is 1. The van der Waals surface area contributed by atoms with Gasteiger partial charge in [-0.05, 0) is 47.9 Å². The van der Waals surface area contributed by atoms with Crippen LogP contribution in [0.4, 0.5) is 14.6 Å². The van der Waals surface area contributed by atoms with Gasteiger partial charge in [-0.15, -0.1) is 0 Å². The van der Waals surface area contributed by atoms with Crippen LogP contribution in [0.1, 0.15) is 27.0 Å². The Hall–Kier alpha value is -4.63. The number of ketones is 1. The molecule has 0 aliphatic heterocycles. The van der Waals surface area contributed by atoms with E-state index in [1.807, 2.05) is 30.3 Å². The van der Waals surface area contributed by atoms with Gasteiger partial charge in [0.1, 0.15) is 23.5 Å². The summed E-state index contributed by atoms with van der Waals surface area (Å²) in [6.07, 6.45) is 0.315. The van der Waals surface area contributed by atoms with E-state index >= 15 is 0 Å². The van der Waals surface area contributed by atoms with E-state index in [4.69, 9.17) is 5.73 Å². The smallest absolute Gasteiger partial charge is 0.321 e. The molecule has 4 aromatic rings. The van der Waals surface area contributed by atoms with Gasteiger partial charge in [0.2, 0.25) is 0 Å². The molecule has 0 bridgehead atoms. The monoisotopic (exact) mass is 503 g/mol. The summed E-state index contributed by atoms with van der Waals surface area (Å²) >= 11 is 0. The van der Waals surface area contributed by atoms with Gasteiger partial charge in [0.25, 0.3) is 5.56 Å². The average molecular weight is 504 g/mol. The van der Waals surface area contributed by atoms with Crippen molar-refractivity contribution in [3.05, 3.63) is 129 Å². The second-order valence-corrected chi connectivity index (χ2v) is 8.39. The molecular weight excluding hydrogens is 480 g/mol. The van der Waals surface area contributed by atoms with Crippen molar-refractivity contribution in [1.82, 2.24) is 9.88 Å². The van der Waals surface area contributed by atoms with Crippen LogP contribution in [0.5, 0.6) is 0 Å². The zero-order valence-electron chi connectivity index (χ0n) is 19.5. The maximum absolute atomic E-state index is 14.2. The summed E-state index contributed by atoms with van der Waals surface area (Å²) in [5.41, 5.74) is 7.17. The molecule has 0 amide bonds. The van der Waals surface area contributed by atoms with E-state index < -0.39 is 35.0 Å². The molecule has 7 nitrogen and oxygen atoms in total. The number of carboxylic acids is 1. The van der Waals surface area contributed by atoms with Gasteiger partial charge in [0.05, 0.1) is 16.8 Å². The molecule has 0 spiro atoms. The molecule has 3 aromatic carbocycles. The number of pyridine rings is 1. The van der Waals surface area contributed by atoms with Crippen LogP contribution in [0, 0.1) is 11.6 Å². The molecule has 1 aromatic heterocycles. The summed E-state index contributed by atoms with van der Waals surface area (Å²) < 4.78 is 28.5. The van der Waals surface area contributed by atoms with Crippen molar-refractivity contribution in [2.24, 2.45) is 0 Å². The molecule has 1 heterocycles. The van der Waals surface area contributed by atoms with Crippen LogP contribution in [-0.4, -0.2) is 27.5 Å². The van der Waals surface area contributed by atoms with Crippen molar-refractivity contribution >= 4 is 17.6 Å². The molecule has 1 atom stereocenters. The van der Waals surface area contributed by atoms with Crippen molar-refractivity contribution < 1.29 is 23.5 Å². The number of nitrogens with zero attached hydrogens (tertiary/aromatic N) is 1. The number of hydrogen-bond acceptors (Lipinski definition) is 5. The van der Waals surface area contributed by atoms with Gasteiger partial charge in [-0.1, -0.05) is 42.5 Å². The number of rotatable bonds is 9. The van der Waals surface area contributed by atoms with Gasteiger partial charge in [0.15, 0.2) is 5.78 Å². The highest BCUT2D eigenvalue weighted by molar-refractivity contribution is 6.11. The Morgan fingerprint density at radius 3 is 2.22 bits per heavy atom. The Morgan fingerprint density at radius 1 is 0.892 bits per heavy atom. The number of aromatic nitrogens is 1. The van der Waals surface area contributed by atoms with Crippen LogP contribution in [-0.2, 0) is 17.8 Å². The van der Waals surface area contributed by atoms with E-state index in [9.17, 15) is 28.3 Å². The highest BCUT2D eigenvalue weighted by atomic mass is 19.1. The van der Waals surface area contributed by atoms with Crippen molar-refractivity contribution in [2.45, 2.75) is 19.0 Å². The van der Waals surface area contributed by atoms with Crippen molar-refractivity contribution in [3.63, 3.8) is 0 Å². The molecule has 0 aliphatic carbocycles. The summed E-state index contributed by atoms with van der Waals surface area (Å²) in [6.45, 7) is 0.261. The van der Waals surface area contributed by atoms with E-state index in [1.165, 1.54) is 6.07 Å². The Kier molecular flexibility index (Phi) is 7.55. The van der Waals surface area contributed by atoms with E-state index in [0.29, 0.717) is 18.2 Å². The lowest BCUT2D eigenvalue weighted by molar-refractivity contribution is -0.139. The fraction of sp³-hybridized carbons (Fsp3) is 0.107. The number of hydrogen-bond donors (Lipinski definition) is 3. The third-order valence-electron chi connectivity index (χ3n) is 5.88. The topological polar surface area (TPSA) is 114 Å². The van der Waals surface area contributed by atoms with Crippen molar-refractivity contribution in [1.29, 1.82) is 0 Å². The molecular formula is C28H23F2N3O4. The molecule has 4 rings (SSSR count). The zero-order valence-corrected chi connectivity index (χ0v) is 19.5. The quantitative estimate of drug-likeness (QED) is 0.300. The lowest BCUT2D eigenvalue weighted by atomic mass is 10.0. The maximum atomic E-state index is 14.2. The summed E-state index contributed by atoms with van der Waals surface area (Å²) in [4.78, 5) is 37.1. The molecule has 0 radical (unpaired) electrons. The predicted octanol–water partition coefficient (Wildman–Crippen LogP) is 3.71. The first-order chi connectivity index (χ1) is 17.7. The van der Waals surface area contributed by atoms with Crippen LogP contribution < -0.4 is 16.6 Å². The fourth-order valence-corrected chi connectivity index (χ4v) is 3.93. The maximum Gasteiger partial charge on any atom is 0.321 e. The van der Waals surface area contributed by atoms with E-state index in [1.54, 1.807) is 24.3 Å². The second kappa shape index (κ2) is 11.0. The highest BCUT2D eigenvalue weighted by Crippen LogP contribution is 2.21. The first-order valence-corrected chi connectivity index (χ1v) is 11.4. The van der Waals surface area contributed by atoms with Crippen LogP contribution >= 0.6 is 0 Å². The Balaban J connectivity index is 1.54. The summed E-state index contributed by atoms with van der Waals surface area (Å²) in [6, 6.07) is 20.0. The van der Waals surface area contributed by atoms with Gasteiger partial charge in [-0.25, -0.2) is 8.78 Å². The van der Waals surface area contributed by atoms with Crippen LogP contribution in [0.2, 0.25) is 0 Å². The number of nitrogens with two attached hydrogens (primary N) is 1. The molecule has 188 valence electrons. The summed E-state index contributed by atoms with van der Waals surface area (Å²) in [5.74, 6) is -3.82. The molecule has 0 unspecified atom stereocenters. The third kappa shape index (κ3) is 5.79. The molecule has 9 heteroatoms. The largest absolute Gasteiger partial charge is 0.480 e. The SMILES string of the molecule is Nc1c(C(=O)c2ccc(F)cc2F)ccc(=O)n1-c1ccc(CN[C@@H](Cc2ccccc2)C(=O)O)cc1. The molecule has 0 fully saturated rings. The number of aliphatic carboxylic acids is 1. The number of carboxylic acid groups (broad SMARTS) is 1. The average Bonchev–Trinajstić information content (AvgIpc) is 2.87. The fourth-order valence-electron chi connectivity index (χ4n) is 3.93. The van der Waals surface area contributed by atoms with Crippen LogP contribution in [0.25, 0.3) is 5.69 Å². The minimum Gasteiger partial charge on any atom is -0.480 e. The normalized spacial score (nSPS) is 11.7. The number of benzene rings is 3. The number of nitrogen functional groups attached to an aromatic ring is 1. The van der Waals surface area contributed by atoms with E-state index in [0.717, 1.165) is 33.9 Å². The minimum atomic E-state index is -1.04. The van der Waals surface area contributed by atoms with Crippen LogP contribution in [0.3, 0.4) is 0 Å². The van der Waals surface area contributed by atoms with Gasteiger partial charge < -0.3 is 16.2 Å². The number of nitrogens with one attached hydrogen (secondary N) is 1. The van der Waals surface area contributed by atoms with Crippen molar-refractivity contribution in [2.75, 3.05) is 5.73 Å². The Labute approximate surface area is 210 Å². The number of halogens is 2. The van der Waals surface area contributed by atoms with Gasteiger partial charge in [0, 0.05) is 18.7 Å². The molecule has 0 aliphatic rings.